The van der Waals surface area contributed by atoms with Gasteiger partial charge < -0.3 is 10.1 Å². The first-order valence-corrected chi connectivity index (χ1v) is 10.6. The highest BCUT2D eigenvalue weighted by Gasteiger charge is 2.17. The second-order valence-corrected chi connectivity index (χ2v) is 8.38. The lowest BCUT2D eigenvalue weighted by Gasteiger charge is -2.25. The van der Waals surface area contributed by atoms with Crippen LogP contribution < -0.4 is 5.32 Å². The molecule has 0 bridgehead atoms. The van der Waals surface area contributed by atoms with Gasteiger partial charge in [-0.25, -0.2) is 4.99 Å². The van der Waals surface area contributed by atoms with Gasteiger partial charge >= 0.3 is 0 Å². The molecule has 31 heavy (non-hydrogen) atoms. The summed E-state index contributed by atoms with van der Waals surface area (Å²) in [4.78, 5) is 4.51. The first-order valence-electron chi connectivity index (χ1n) is 10.6. The molecule has 168 valence electrons. The summed E-state index contributed by atoms with van der Waals surface area (Å²) in [5, 5.41) is 10.9. The van der Waals surface area contributed by atoms with Gasteiger partial charge in [-0.3, -0.25) is 0 Å². The van der Waals surface area contributed by atoms with Gasteiger partial charge in [0.15, 0.2) is 0 Å². The number of rotatable bonds is 11. The lowest BCUT2D eigenvalue weighted by molar-refractivity contribution is 0.0975. The smallest absolute Gasteiger partial charge is 0.120 e. The van der Waals surface area contributed by atoms with Crippen molar-refractivity contribution in [2.45, 2.75) is 66.5 Å². The molecule has 0 aliphatic carbocycles. The number of benzene rings is 1. The Morgan fingerprint density at radius 2 is 1.90 bits per heavy atom. The van der Waals surface area contributed by atoms with Crippen LogP contribution in [0.4, 0.5) is 0 Å². The number of nitrogens with zero attached hydrogens (tertiary/aromatic N) is 3. The molecule has 5 heteroatoms. The summed E-state index contributed by atoms with van der Waals surface area (Å²) in [7, 11) is 1.62. The summed E-state index contributed by atoms with van der Waals surface area (Å²) in [5.41, 5.74) is 6.64. The van der Waals surface area contributed by atoms with Crippen LogP contribution in [-0.2, 0) is 17.7 Å². The maximum absolute atomic E-state index is 6.02. The Morgan fingerprint density at radius 3 is 2.45 bits per heavy atom. The second-order valence-electron chi connectivity index (χ2n) is 8.38. The van der Waals surface area contributed by atoms with Crippen LogP contribution in [0.1, 0.15) is 63.3 Å². The van der Waals surface area contributed by atoms with E-state index in [2.05, 4.69) is 66.3 Å². The molecule has 0 amide bonds. The predicted molar refractivity (Wildman–Crippen MR) is 133 cm³/mol. The van der Waals surface area contributed by atoms with Crippen molar-refractivity contribution >= 4 is 11.5 Å². The fourth-order valence-corrected chi connectivity index (χ4v) is 3.19. The lowest BCUT2D eigenvalue weighted by atomic mass is 9.93. The van der Waals surface area contributed by atoms with Gasteiger partial charge in [0.05, 0.1) is 23.3 Å². The van der Waals surface area contributed by atoms with Crippen LogP contribution in [-0.4, -0.2) is 18.4 Å². The molecule has 0 saturated carbocycles. The summed E-state index contributed by atoms with van der Waals surface area (Å²) in [5.74, 6) is 0.707. The summed E-state index contributed by atoms with van der Waals surface area (Å²) >= 11 is 0. The van der Waals surface area contributed by atoms with Crippen LogP contribution in [0.5, 0.6) is 0 Å². The monoisotopic (exact) mass is 422 g/mol. The van der Waals surface area contributed by atoms with Crippen LogP contribution in [0.15, 0.2) is 70.8 Å². The topological polar surface area (TPSA) is 58.3 Å². The summed E-state index contributed by atoms with van der Waals surface area (Å²) < 4.78 is 6.02. The molecule has 1 N–H and O–H groups in total. The van der Waals surface area contributed by atoms with E-state index in [1.807, 2.05) is 27.7 Å². The minimum atomic E-state index is -0.280. The summed E-state index contributed by atoms with van der Waals surface area (Å²) in [6.45, 7) is 25.1. The fourth-order valence-electron chi connectivity index (χ4n) is 3.19. The number of nitrogens with one attached hydrogen (secondary N) is 1. The molecule has 0 radical (unpaired) electrons. The Balaban J connectivity index is 3.11. The zero-order valence-electron chi connectivity index (χ0n) is 20.3. The van der Waals surface area contributed by atoms with Gasteiger partial charge in [-0.15, -0.1) is 0 Å². The Hall–Kier alpha value is -2.95. The molecule has 0 aliphatic rings. The molecular formula is C26H38N4O. The Bertz CT molecular complexity index is 899. The second kappa shape index (κ2) is 12.0. The molecule has 0 spiro atoms. The van der Waals surface area contributed by atoms with Crippen molar-refractivity contribution in [1.82, 2.24) is 5.32 Å². The minimum absolute atomic E-state index is 0.280. The van der Waals surface area contributed by atoms with Crippen molar-refractivity contribution in [2.24, 2.45) is 15.2 Å². The van der Waals surface area contributed by atoms with Gasteiger partial charge in [0, 0.05) is 19.2 Å². The number of azo groups is 1. The SMILES string of the molecule is C=CC(=N/C(C)=C/N=NC)C(=C)NCc1ccc(C(=C)OC(C)(C)C)c(C)c1CCC. The Morgan fingerprint density at radius 1 is 1.23 bits per heavy atom. The van der Waals surface area contributed by atoms with E-state index in [4.69, 9.17) is 4.74 Å². The van der Waals surface area contributed by atoms with E-state index in [-0.39, 0.29) is 5.60 Å². The Labute approximate surface area is 188 Å². The third-order valence-electron chi connectivity index (χ3n) is 4.58. The molecule has 1 aromatic carbocycles. The summed E-state index contributed by atoms with van der Waals surface area (Å²) in [6, 6.07) is 4.23. The molecule has 0 atom stereocenters. The van der Waals surface area contributed by atoms with E-state index in [1.54, 1.807) is 19.3 Å². The number of hydrogen-bond acceptors (Lipinski definition) is 5. The highest BCUT2D eigenvalue weighted by Crippen LogP contribution is 2.28. The molecule has 0 heterocycles. The molecular weight excluding hydrogens is 384 g/mol. The first-order chi connectivity index (χ1) is 14.5. The quantitative estimate of drug-likeness (QED) is 0.239. The molecule has 0 aromatic heterocycles. The van der Waals surface area contributed by atoms with E-state index in [0.717, 1.165) is 24.1 Å². The van der Waals surface area contributed by atoms with E-state index < -0.39 is 0 Å². The normalized spacial score (nSPS) is 12.7. The molecule has 0 saturated heterocycles. The molecule has 0 fully saturated rings. The number of hydrogen-bond donors (Lipinski definition) is 1. The standard InChI is InChI=1S/C26H38N4O/c1-11-13-24-19(4)23(21(6)31-26(7,8)9)15-14-22(24)17-28-20(5)25(12-2)30-18(3)16-29-27-10/h12,14-16,28H,2,5-6,11,13,17H2,1,3-4,7-10H3/b18-16+,29-27?,30-25?. The van der Waals surface area contributed by atoms with Gasteiger partial charge in [0.1, 0.15) is 11.4 Å². The predicted octanol–water partition coefficient (Wildman–Crippen LogP) is 6.91. The zero-order valence-corrected chi connectivity index (χ0v) is 20.3. The van der Waals surface area contributed by atoms with Crippen LogP contribution in [0.2, 0.25) is 0 Å². The molecule has 0 unspecified atom stereocenters. The average Bonchev–Trinajstić information content (AvgIpc) is 2.69. The van der Waals surface area contributed by atoms with Crippen LogP contribution in [0.25, 0.3) is 5.76 Å². The maximum Gasteiger partial charge on any atom is 0.120 e. The molecule has 0 aliphatic heterocycles. The van der Waals surface area contributed by atoms with E-state index in [0.29, 0.717) is 23.7 Å². The number of aliphatic imine (C=N–C) groups is 1. The van der Waals surface area contributed by atoms with Gasteiger partial charge in [0.2, 0.25) is 0 Å². The van der Waals surface area contributed by atoms with Crippen molar-refractivity contribution in [2.75, 3.05) is 7.05 Å². The summed E-state index contributed by atoms with van der Waals surface area (Å²) in [6.07, 6.45) is 5.33. The van der Waals surface area contributed by atoms with E-state index in [1.165, 1.54) is 16.7 Å². The van der Waals surface area contributed by atoms with Crippen LogP contribution in [0, 0.1) is 6.92 Å². The van der Waals surface area contributed by atoms with Gasteiger partial charge in [-0.05, 0) is 63.8 Å². The molecule has 1 aromatic rings. The first kappa shape index (κ1) is 26.1. The molecule has 5 nitrogen and oxygen atoms in total. The van der Waals surface area contributed by atoms with Crippen LogP contribution in [0.3, 0.4) is 0 Å². The highest BCUT2D eigenvalue weighted by molar-refractivity contribution is 6.07. The largest absolute Gasteiger partial charge is 0.488 e. The van der Waals surface area contributed by atoms with Crippen molar-refractivity contribution in [1.29, 1.82) is 0 Å². The van der Waals surface area contributed by atoms with Gasteiger partial charge in [0.25, 0.3) is 0 Å². The van der Waals surface area contributed by atoms with Crippen molar-refractivity contribution < 1.29 is 4.74 Å². The van der Waals surface area contributed by atoms with Crippen LogP contribution >= 0.6 is 0 Å². The lowest BCUT2D eigenvalue weighted by Crippen LogP contribution is -2.20. The third kappa shape index (κ3) is 8.36. The number of ether oxygens (including phenoxy) is 1. The minimum Gasteiger partial charge on any atom is -0.488 e. The third-order valence-corrected chi connectivity index (χ3v) is 4.58. The average molecular weight is 423 g/mol. The van der Waals surface area contributed by atoms with Gasteiger partial charge in [-0.2, -0.15) is 10.2 Å². The van der Waals surface area contributed by atoms with Crippen molar-refractivity contribution in [3.8, 4) is 0 Å². The highest BCUT2D eigenvalue weighted by atomic mass is 16.5. The maximum atomic E-state index is 6.02. The van der Waals surface area contributed by atoms with Crippen molar-refractivity contribution in [3.05, 3.63) is 77.8 Å². The molecule has 1 rings (SSSR count). The number of allylic oxidation sites excluding steroid dienone is 2. The van der Waals surface area contributed by atoms with E-state index in [9.17, 15) is 0 Å². The zero-order chi connectivity index (χ0) is 23.6. The van der Waals surface area contributed by atoms with E-state index >= 15 is 0 Å². The Kier molecular flexibility index (Phi) is 10.1. The van der Waals surface area contributed by atoms with Gasteiger partial charge in [-0.1, -0.05) is 45.2 Å². The fraction of sp³-hybridized carbons (Fsp3) is 0.423. The van der Waals surface area contributed by atoms with Crippen molar-refractivity contribution in [3.63, 3.8) is 0 Å².